The van der Waals surface area contributed by atoms with Gasteiger partial charge in [0.1, 0.15) is 5.60 Å². The molecule has 27 heavy (non-hydrogen) atoms. The van der Waals surface area contributed by atoms with E-state index in [4.69, 9.17) is 9.47 Å². The van der Waals surface area contributed by atoms with Crippen LogP contribution in [0.2, 0.25) is 0 Å². The Balaban J connectivity index is 2.02. The summed E-state index contributed by atoms with van der Waals surface area (Å²) in [4.78, 5) is 26.1. The molecule has 148 valence electrons. The van der Waals surface area contributed by atoms with Crippen molar-refractivity contribution in [2.45, 2.75) is 84.3 Å². The van der Waals surface area contributed by atoms with Gasteiger partial charge >= 0.3 is 0 Å². The second-order valence-corrected chi connectivity index (χ2v) is 8.67. The van der Waals surface area contributed by atoms with Crippen molar-refractivity contribution in [1.82, 2.24) is 0 Å². The Morgan fingerprint density at radius 2 is 1.93 bits per heavy atom. The van der Waals surface area contributed by atoms with Crippen LogP contribution in [0.4, 0.5) is 0 Å². The standard InChI is InChI=1S/C23H32O4/c1-6-8-9-10-15-13-18(24)19-16-14-23(5,26-7-2)12-11-17(16)22(3,4)27-21(19)20(15)25/h13-14,17H,6-12H2,1-5H3/t17-,23+/m1/s1. The predicted molar refractivity (Wildman–Crippen MR) is 105 cm³/mol. The fourth-order valence-corrected chi connectivity index (χ4v) is 4.62. The van der Waals surface area contributed by atoms with Gasteiger partial charge in [0, 0.05) is 18.1 Å². The summed E-state index contributed by atoms with van der Waals surface area (Å²) >= 11 is 0. The third-order valence-corrected chi connectivity index (χ3v) is 6.06. The van der Waals surface area contributed by atoms with Gasteiger partial charge in [0.05, 0.1) is 11.2 Å². The minimum atomic E-state index is -0.514. The second kappa shape index (κ2) is 7.38. The molecule has 0 aromatic rings. The van der Waals surface area contributed by atoms with Gasteiger partial charge in [-0.25, -0.2) is 0 Å². The maximum atomic E-state index is 13.1. The van der Waals surface area contributed by atoms with Crippen molar-refractivity contribution < 1.29 is 19.1 Å². The smallest absolute Gasteiger partial charge is 0.224 e. The van der Waals surface area contributed by atoms with Crippen LogP contribution in [0.25, 0.3) is 0 Å². The molecule has 0 saturated heterocycles. The molecule has 3 rings (SSSR count). The van der Waals surface area contributed by atoms with E-state index in [9.17, 15) is 9.59 Å². The lowest BCUT2D eigenvalue weighted by Gasteiger charge is -2.47. The number of ether oxygens (including phenoxy) is 2. The molecule has 0 unspecified atom stereocenters. The Morgan fingerprint density at radius 1 is 1.19 bits per heavy atom. The topological polar surface area (TPSA) is 52.6 Å². The van der Waals surface area contributed by atoms with E-state index in [1.807, 2.05) is 20.8 Å². The van der Waals surface area contributed by atoms with Gasteiger partial charge in [-0.1, -0.05) is 19.8 Å². The van der Waals surface area contributed by atoms with Gasteiger partial charge < -0.3 is 9.47 Å². The highest BCUT2D eigenvalue weighted by Gasteiger charge is 2.49. The zero-order chi connectivity index (χ0) is 19.8. The zero-order valence-corrected chi connectivity index (χ0v) is 17.3. The Hall–Kier alpha value is -1.68. The van der Waals surface area contributed by atoms with Crippen LogP contribution in [0.5, 0.6) is 0 Å². The van der Waals surface area contributed by atoms with Crippen LogP contribution in [-0.2, 0) is 19.1 Å². The van der Waals surface area contributed by atoms with Crippen molar-refractivity contribution in [2.24, 2.45) is 5.92 Å². The average molecular weight is 373 g/mol. The first kappa shape index (κ1) is 20.1. The third kappa shape index (κ3) is 3.69. The molecule has 0 saturated carbocycles. The van der Waals surface area contributed by atoms with Crippen LogP contribution in [0.1, 0.15) is 73.1 Å². The number of hydrogen-bond acceptors (Lipinski definition) is 4. The molecule has 1 heterocycles. The number of hydrogen-bond donors (Lipinski definition) is 0. The third-order valence-electron chi connectivity index (χ3n) is 6.06. The Bertz CT molecular complexity index is 737. The Morgan fingerprint density at radius 3 is 2.59 bits per heavy atom. The van der Waals surface area contributed by atoms with E-state index in [0.29, 0.717) is 24.2 Å². The first-order valence-electron chi connectivity index (χ1n) is 10.3. The van der Waals surface area contributed by atoms with Crippen LogP contribution in [0, 0.1) is 5.92 Å². The molecule has 4 heteroatoms. The molecular formula is C23H32O4. The predicted octanol–water partition coefficient (Wildman–Crippen LogP) is 4.84. The molecule has 0 spiro atoms. The maximum Gasteiger partial charge on any atom is 0.224 e. The van der Waals surface area contributed by atoms with Crippen molar-refractivity contribution in [3.8, 4) is 0 Å². The lowest BCUT2D eigenvalue weighted by molar-refractivity contribution is -0.125. The summed E-state index contributed by atoms with van der Waals surface area (Å²) in [6.07, 6.45) is 9.06. The minimum Gasteiger partial charge on any atom is -0.482 e. The number of allylic oxidation sites excluding steroid dienone is 3. The molecule has 0 bridgehead atoms. The molecule has 1 aliphatic heterocycles. The molecule has 4 nitrogen and oxygen atoms in total. The monoisotopic (exact) mass is 372 g/mol. The maximum absolute atomic E-state index is 13.1. The van der Waals surface area contributed by atoms with E-state index in [-0.39, 0.29) is 23.2 Å². The van der Waals surface area contributed by atoms with Gasteiger partial charge in [0.25, 0.3) is 0 Å². The molecule has 0 radical (unpaired) electrons. The van der Waals surface area contributed by atoms with Gasteiger partial charge in [-0.3, -0.25) is 9.59 Å². The number of rotatable bonds is 6. The van der Waals surface area contributed by atoms with E-state index in [1.165, 1.54) is 0 Å². The molecule has 2 aliphatic carbocycles. The van der Waals surface area contributed by atoms with Crippen molar-refractivity contribution in [3.05, 3.63) is 34.6 Å². The number of carbonyl (C=O) groups is 2. The highest BCUT2D eigenvalue weighted by molar-refractivity contribution is 6.23. The van der Waals surface area contributed by atoms with E-state index in [2.05, 4.69) is 19.9 Å². The summed E-state index contributed by atoms with van der Waals surface area (Å²) in [6, 6.07) is 0. The molecular weight excluding hydrogens is 340 g/mol. The van der Waals surface area contributed by atoms with Crippen molar-refractivity contribution in [1.29, 1.82) is 0 Å². The minimum absolute atomic E-state index is 0.0939. The average Bonchev–Trinajstić information content (AvgIpc) is 2.58. The van der Waals surface area contributed by atoms with E-state index in [1.54, 1.807) is 6.08 Å². The van der Waals surface area contributed by atoms with Crippen molar-refractivity contribution >= 4 is 11.6 Å². The van der Waals surface area contributed by atoms with E-state index >= 15 is 0 Å². The summed E-state index contributed by atoms with van der Waals surface area (Å²) in [5.41, 5.74) is 1.07. The molecule has 2 atom stereocenters. The lowest BCUT2D eigenvalue weighted by atomic mass is 9.67. The molecule has 0 aromatic carbocycles. The van der Waals surface area contributed by atoms with Gasteiger partial charge in [0.15, 0.2) is 11.5 Å². The van der Waals surface area contributed by atoms with Crippen molar-refractivity contribution in [3.63, 3.8) is 0 Å². The van der Waals surface area contributed by atoms with Crippen LogP contribution in [0.15, 0.2) is 34.6 Å². The molecule has 0 N–H and O–H groups in total. The first-order chi connectivity index (χ1) is 12.7. The van der Waals surface area contributed by atoms with Crippen LogP contribution < -0.4 is 0 Å². The Labute approximate surface area is 162 Å². The van der Waals surface area contributed by atoms with E-state index in [0.717, 1.165) is 37.7 Å². The zero-order valence-electron chi connectivity index (χ0n) is 17.3. The summed E-state index contributed by atoms with van der Waals surface area (Å²) in [5, 5.41) is 0. The quantitative estimate of drug-likeness (QED) is 0.494. The lowest BCUT2D eigenvalue weighted by Crippen LogP contribution is -2.47. The van der Waals surface area contributed by atoms with Crippen LogP contribution in [-0.4, -0.2) is 29.4 Å². The fraction of sp³-hybridized carbons (Fsp3) is 0.652. The molecule has 0 aromatic heterocycles. The Kier molecular flexibility index (Phi) is 5.49. The summed E-state index contributed by atoms with van der Waals surface area (Å²) in [7, 11) is 0. The van der Waals surface area contributed by atoms with Gasteiger partial charge in [-0.05, 0) is 71.1 Å². The van der Waals surface area contributed by atoms with Gasteiger partial charge in [-0.15, -0.1) is 0 Å². The summed E-state index contributed by atoms with van der Waals surface area (Å²) < 4.78 is 12.1. The van der Waals surface area contributed by atoms with Crippen molar-refractivity contribution in [2.75, 3.05) is 6.61 Å². The van der Waals surface area contributed by atoms with Crippen LogP contribution in [0.3, 0.4) is 0 Å². The number of Topliss-reactive ketones (excluding diaryl/α,β-unsaturated/α-hetero) is 1. The number of carbonyl (C=O) groups excluding carboxylic acids is 2. The molecule has 0 amide bonds. The highest BCUT2D eigenvalue weighted by Crippen LogP contribution is 2.49. The number of unbranched alkanes of at least 4 members (excludes halogenated alkanes) is 2. The number of ketones is 2. The fourth-order valence-electron chi connectivity index (χ4n) is 4.62. The van der Waals surface area contributed by atoms with E-state index < -0.39 is 11.2 Å². The summed E-state index contributed by atoms with van der Waals surface area (Å²) in [5.74, 6) is 0.138. The van der Waals surface area contributed by atoms with Gasteiger partial charge in [-0.2, -0.15) is 0 Å². The molecule has 0 fully saturated rings. The van der Waals surface area contributed by atoms with Gasteiger partial charge in [0.2, 0.25) is 5.78 Å². The normalized spacial score (nSPS) is 29.6. The summed E-state index contributed by atoms with van der Waals surface area (Å²) in [6.45, 7) is 10.8. The first-order valence-corrected chi connectivity index (χ1v) is 10.3. The highest BCUT2D eigenvalue weighted by atomic mass is 16.5. The molecule has 3 aliphatic rings. The van der Waals surface area contributed by atoms with Crippen LogP contribution >= 0.6 is 0 Å². The second-order valence-electron chi connectivity index (χ2n) is 8.67. The SMILES string of the molecule is CCCCCC1=CC(=O)C2=C(OC(C)(C)[C@@H]3CC[C@](C)(OCC)C=C23)C1=O. The largest absolute Gasteiger partial charge is 0.482 e. The number of fused-ring (bicyclic) bond motifs is 2.